The Morgan fingerprint density at radius 3 is 1.98 bits per heavy atom. The first-order valence-electron chi connectivity index (χ1n) is 17.9. The number of para-hydroxylation sites is 2. The lowest BCUT2D eigenvalue weighted by molar-refractivity contribution is 1.02. The van der Waals surface area contributed by atoms with Gasteiger partial charge in [0.1, 0.15) is 0 Å². The number of hydrogen-bond donors (Lipinski definition) is 0. The molecule has 52 heavy (non-hydrogen) atoms. The molecule has 0 saturated carbocycles. The van der Waals surface area contributed by atoms with Crippen LogP contribution in [0.1, 0.15) is 13.8 Å². The molecule has 3 aromatic heterocycles. The van der Waals surface area contributed by atoms with Crippen LogP contribution in [-0.4, -0.2) is 14.5 Å². The molecule has 8 aromatic carbocycles. The maximum absolute atomic E-state index is 5.43. The van der Waals surface area contributed by atoms with Crippen LogP contribution in [-0.2, 0) is 0 Å². The van der Waals surface area contributed by atoms with Gasteiger partial charge in [0, 0.05) is 52.8 Å². The van der Waals surface area contributed by atoms with E-state index in [0.29, 0.717) is 5.95 Å². The quantitative estimate of drug-likeness (QED) is 0.174. The number of benzene rings is 8. The van der Waals surface area contributed by atoms with Crippen LogP contribution in [0.4, 0.5) is 0 Å². The van der Waals surface area contributed by atoms with Crippen LogP contribution >= 0.6 is 11.3 Å². The first kappa shape index (κ1) is 30.5. The zero-order valence-corrected chi connectivity index (χ0v) is 29.7. The van der Waals surface area contributed by atoms with E-state index in [4.69, 9.17) is 9.97 Å². The molecule has 3 nitrogen and oxygen atoms in total. The van der Waals surface area contributed by atoms with Crippen LogP contribution in [0.5, 0.6) is 0 Å². The topological polar surface area (TPSA) is 30.7 Å². The van der Waals surface area contributed by atoms with E-state index < -0.39 is 0 Å². The van der Waals surface area contributed by atoms with E-state index in [1.54, 1.807) is 0 Å². The summed E-state index contributed by atoms with van der Waals surface area (Å²) in [6.45, 7) is 4.00. The summed E-state index contributed by atoms with van der Waals surface area (Å²) < 4.78 is 4.89. The molecule has 0 fully saturated rings. The van der Waals surface area contributed by atoms with Crippen molar-refractivity contribution in [1.29, 1.82) is 0 Å². The second-order valence-electron chi connectivity index (χ2n) is 12.9. The van der Waals surface area contributed by atoms with Gasteiger partial charge in [-0.05, 0) is 46.0 Å². The van der Waals surface area contributed by atoms with Gasteiger partial charge in [0.25, 0.3) is 0 Å². The van der Waals surface area contributed by atoms with Gasteiger partial charge in [-0.25, -0.2) is 9.97 Å². The Kier molecular flexibility index (Phi) is 7.12. The molecule has 0 saturated heterocycles. The third-order valence-corrected chi connectivity index (χ3v) is 11.3. The second kappa shape index (κ2) is 12.2. The summed E-state index contributed by atoms with van der Waals surface area (Å²) in [6, 6.07) is 58.8. The van der Waals surface area contributed by atoms with Crippen molar-refractivity contribution in [2.45, 2.75) is 13.8 Å². The molecule has 0 atom stereocenters. The fourth-order valence-corrected chi connectivity index (χ4v) is 9.10. The number of hydrogen-bond acceptors (Lipinski definition) is 3. The molecule has 11 aromatic rings. The van der Waals surface area contributed by atoms with Gasteiger partial charge in [0.05, 0.1) is 22.2 Å². The molecule has 4 heteroatoms. The molecule has 11 rings (SSSR count). The van der Waals surface area contributed by atoms with Gasteiger partial charge in [-0.3, -0.25) is 4.57 Å². The normalized spacial score (nSPS) is 11.7. The van der Waals surface area contributed by atoms with E-state index in [-0.39, 0.29) is 0 Å². The summed E-state index contributed by atoms with van der Waals surface area (Å²) in [5.74, 6) is 0.667. The molecule has 246 valence electrons. The highest BCUT2D eigenvalue weighted by Gasteiger charge is 2.21. The monoisotopic (exact) mass is 683 g/mol. The average Bonchev–Trinajstić information content (AvgIpc) is 3.77. The third kappa shape index (κ3) is 4.58. The fourth-order valence-electron chi connectivity index (χ4n) is 7.94. The highest BCUT2D eigenvalue weighted by Crippen LogP contribution is 2.43. The van der Waals surface area contributed by atoms with Gasteiger partial charge in [-0.1, -0.05) is 153 Å². The Morgan fingerprint density at radius 2 is 1.13 bits per heavy atom. The SMILES string of the molecule is CC.c1ccc(-c2nc(-n3c4ccccc4c4cccc(-c5ccc6c(c5)sc5ccc7ccccc7c56)c43)nc3c2ccc2ccccc23)cc1. The highest BCUT2D eigenvalue weighted by atomic mass is 32.1. The van der Waals surface area contributed by atoms with Crippen LogP contribution in [0, 0.1) is 0 Å². The molecule has 0 amide bonds. The fraction of sp³-hybridized carbons (Fsp3) is 0.0417. The van der Waals surface area contributed by atoms with Gasteiger partial charge in [-0.2, -0.15) is 0 Å². The first-order valence-corrected chi connectivity index (χ1v) is 18.7. The van der Waals surface area contributed by atoms with Gasteiger partial charge in [0.2, 0.25) is 5.95 Å². The molecular weight excluding hydrogens is 651 g/mol. The summed E-state index contributed by atoms with van der Waals surface area (Å²) in [7, 11) is 0. The number of rotatable bonds is 3. The largest absolute Gasteiger partial charge is 0.277 e. The smallest absolute Gasteiger partial charge is 0.235 e. The van der Waals surface area contributed by atoms with E-state index in [2.05, 4.69) is 168 Å². The van der Waals surface area contributed by atoms with Crippen molar-refractivity contribution in [2.24, 2.45) is 0 Å². The Hall–Kier alpha value is -6.36. The summed E-state index contributed by atoms with van der Waals surface area (Å²) in [6.07, 6.45) is 0. The standard InChI is InChI=1S/C46H27N3S.C2H6/c1-2-13-30(14-3-1)43-38-25-21-29-12-5-7-16-33(29)44(38)48-46(47-43)49-39-20-9-8-17-35(39)36-19-10-18-34(45(36)49)31-22-24-37-41(27-31)50-40-26-23-28-11-4-6-15-32(28)42(37)40;1-2/h1-27H;1-2H3. The molecule has 0 aliphatic heterocycles. The third-order valence-electron chi connectivity index (χ3n) is 10.2. The summed E-state index contributed by atoms with van der Waals surface area (Å²) >= 11 is 1.87. The maximum Gasteiger partial charge on any atom is 0.235 e. The molecule has 0 spiro atoms. The molecule has 3 heterocycles. The summed E-state index contributed by atoms with van der Waals surface area (Å²) in [4.78, 5) is 10.8. The number of thiophene rings is 1. The van der Waals surface area contributed by atoms with Crippen molar-refractivity contribution in [3.8, 4) is 28.3 Å². The Labute approximate surface area is 305 Å². The first-order chi connectivity index (χ1) is 25.8. The Balaban J connectivity index is 0.00000166. The molecule has 0 unspecified atom stereocenters. The predicted molar refractivity (Wildman–Crippen MR) is 224 cm³/mol. The lowest BCUT2D eigenvalue weighted by atomic mass is 9.99. The Morgan fingerprint density at radius 1 is 0.462 bits per heavy atom. The average molecular weight is 684 g/mol. The number of aromatic nitrogens is 3. The number of fused-ring (bicyclic) bond motifs is 11. The van der Waals surface area contributed by atoms with E-state index in [1.165, 1.54) is 47.3 Å². The lowest BCUT2D eigenvalue weighted by Crippen LogP contribution is -2.04. The minimum Gasteiger partial charge on any atom is -0.277 e. The zero-order valence-electron chi connectivity index (χ0n) is 28.8. The molecule has 0 bridgehead atoms. The van der Waals surface area contributed by atoms with Crippen molar-refractivity contribution in [3.05, 3.63) is 164 Å². The summed E-state index contributed by atoms with van der Waals surface area (Å²) in [5.41, 5.74) is 7.48. The Bertz CT molecular complexity index is 3150. The van der Waals surface area contributed by atoms with E-state index in [9.17, 15) is 0 Å². The molecular formula is C48H33N3S. The molecule has 0 aliphatic carbocycles. The predicted octanol–water partition coefficient (Wildman–Crippen LogP) is 13.8. The van der Waals surface area contributed by atoms with Gasteiger partial charge in [0.15, 0.2) is 0 Å². The van der Waals surface area contributed by atoms with Crippen molar-refractivity contribution in [3.63, 3.8) is 0 Å². The lowest BCUT2D eigenvalue weighted by Gasteiger charge is -2.14. The van der Waals surface area contributed by atoms with Crippen molar-refractivity contribution < 1.29 is 0 Å². The van der Waals surface area contributed by atoms with Crippen molar-refractivity contribution in [1.82, 2.24) is 14.5 Å². The van der Waals surface area contributed by atoms with Gasteiger partial charge >= 0.3 is 0 Å². The van der Waals surface area contributed by atoms with Crippen LogP contribution in [0.15, 0.2) is 164 Å². The number of nitrogens with zero attached hydrogens (tertiary/aromatic N) is 3. The van der Waals surface area contributed by atoms with E-state index in [1.807, 2.05) is 25.2 Å². The minimum atomic E-state index is 0.667. The van der Waals surface area contributed by atoms with Gasteiger partial charge in [-0.15, -0.1) is 11.3 Å². The van der Waals surface area contributed by atoms with Crippen molar-refractivity contribution in [2.75, 3.05) is 0 Å². The van der Waals surface area contributed by atoms with Crippen molar-refractivity contribution >= 4 is 85.8 Å². The second-order valence-corrected chi connectivity index (χ2v) is 14.0. The van der Waals surface area contributed by atoms with E-state index >= 15 is 0 Å². The molecule has 0 N–H and O–H groups in total. The maximum atomic E-state index is 5.43. The van der Waals surface area contributed by atoms with Crippen LogP contribution < -0.4 is 0 Å². The zero-order chi connectivity index (χ0) is 34.8. The van der Waals surface area contributed by atoms with Crippen LogP contribution in [0.25, 0.3) is 103 Å². The highest BCUT2D eigenvalue weighted by molar-refractivity contribution is 7.26. The minimum absolute atomic E-state index is 0.667. The van der Waals surface area contributed by atoms with Crippen LogP contribution in [0.2, 0.25) is 0 Å². The van der Waals surface area contributed by atoms with E-state index in [0.717, 1.165) is 49.5 Å². The van der Waals surface area contributed by atoms with Crippen LogP contribution in [0.3, 0.4) is 0 Å². The molecule has 0 radical (unpaired) electrons. The molecule has 0 aliphatic rings. The summed E-state index contributed by atoms with van der Waals surface area (Å²) in [5, 5.41) is 10.9. The van der Waals surface area contributed by atoms with Gasteiger partial charge < -0.3 is 0 Å².